The van der Waals surface area contributed by atoms with E-state index in [-0.39, 0.29) is 35.2 Å². The molecule has 0 saturated carbocycles. The summed E-state index contributed by atoms with van der Waals surface area (Å²) >= 11 is 0. The lowest BCUT2D eigenvalue weighted by atomic mass is 10.1. The van der Waals surface area contributed by atoms with Crippen LogP contribution in [0.25, 0.3) is 17.1 Å². The van der Waals surface area contributed by atoms with Crippen LogP contribution in [0.1, 0.15) is 35.7 Å². The van der Waals surface area contributed by atoms with Crippen LogP contribution in [0.2, 0.25) is 0 Å². The Morgan fingerprint density at radius 1 is 1.08 bits per heavy atom. The van der Waals surface area contributed by atoms with Gasteiger partial charge in [0.05, 0.1) is 23.6 Å². The van der Waals surface area contributed by atoms with Gasteiger partial charge in [-0.1, -0.05) is 12.1 Å². The fourth-order valence-corrected chi connectivity index (χ4v) is 3.71. The highest BCUT2D eigenvalue weighted by Gasteiger charge is 2.18. The molecule has 4 aromatic rings. The standard InChI is InChI=1S/C27H25FN4O4/c1-2-36-24(33)10-4-7-19-6-3-9-23(25(19)34)30-27(35)21-8-5-16-29-26(21)32-17-15-22(31-32)18-11-13-20(28)14-12-18/h3,5-6,8-9,11-17,34H,2,4,7,10H2,1H3,(H,30,35). The number of benzene rings is 2. The lowest BCUT2D eigenvalue weighted by Gasteiger charge is -2.13. The third kappa shape index (κ3) is 5.75. The molecule has 2 aromatic carbocycles. The number of esters is 1. The average molecular weight is 489 g/mol. The number of nitrogens with one attached hydrogen (secondary N) is 1. The molecule has 0 fully saturated rings. The van der Waals surface area contributed by atoms with E-state index in [1.807, 2.05) is 0 Å². The van der Waals surface area contributed by atoms with Gasteiger partial charge < -0.3 is 15.2 Å². The van der Waals surface area contributed by atoms with Crippen LogP contribution in [-0.4, -0.2) is 38.4 Å². The van der Waals surface area contributed by atoms with Crippen LogP contribution in [0.15, 0.2) is 73.1 Å². The quantitative estimate of drug-likeness (QED) is 0.256. The van der Waals surface area contributed by atoms with Gasteiger partial charge in [-0.3, -0.25) is 9.59 Å². The summed E-state index contributed by atoms with van der Waals surface area (Å²) in [6.45, 7) is 2.08. The van der Waals surface area contributed by atoms with Gasteiger partial charge in [0.1, 0.15) is 11.6 Å². The van der Waals surface area contributed by atoms with E-state index in [9.17, 15) is 19.1 Å². The van der Waals surface area contributed by atoms with Gasteiger partial charge in [-0.2, -0.15) is 5.10 Å². The highest BCUT2D eigenvalue weighted by Crippen LogP contribution is 2.29. The number of amides is 1. The van der Waals surface area contributed by atoms with Gasteiger partial charge in [-0.15, -0.1) is 0 Å². The van der Waals surface area contributed by atoms with Crippen molar-refractivity contribution in [2.45, 2.75) is 26.2 Å². The van der Waals surface area contributed by atoms with Gasteiger partial charge in [-0.25, -0.2) is 14.1 Å². The third-order valence-electron chi connectivity index (χ3n) is 5.48. The molecule has 0 unspecified atom stereocenters. The molecule has 0 aliphatic rings. The first-order valence-electron chi connectivity index (χ1n) is 11.5. The van der Waals surface area contributed by atoms with Crippen molar-refractivity contribution >= 4 is 17.6 Å². The molecule has 36 heavy (non-hydrogen) atoms. The summed E-state index contributed by atoms with van der Waals surface area (Å²) in [5, 5.41) is 17.9. The second-order valence-electron chi connectivity index (χ2n) is 7.95. The predicted octanol–water partition coefficient (Wildman–Crippen LogP) is 4.92. The summed E-state index contributed by atoms with van der Waals surface area (Å²) in [5.74, 6) is -0.859. The smallest absolute Gasteiger partial charge is 0.305 e. The van der Waals surface area contributed by atoms with Crippen LogP contribution < -0.4 is 5.32 Å². The second-order valence-corrected chi connectivity index (χ2v) is 7.95. The Balaban J connectivity index is 1.51. The number of aromatic nitrogens is 3. The minimum absolute atomic E-state index is 0.0576. The van der Waals surface area contributed by atoms with Gasteiger partial charge in [-0.05, 0) is 73.9 Å². The minimum atomic E-state index is -0.476. The molecule has 0 aliphatic heterocycles. The molecule has 0 spiro atoms. The number of carbonyl (C=O) groups excluding carboxylic acids is 2. The zero-order valence-corrected chi connectivity index (χ0v) is 19.6. The van der Waals surface area contributed by atoms with Crippen LogP contribution in [0.4, 0.5) is 10.1 Å². The Hall–Kier alpha value is -4.53. The molecule has 8 nitrogen and oxygen atoms in total. The van der Waals surface area contributed by atoms with Crippen molar-refractivity contribution in [3.8, 4) is 22.8 Å². The molecule has 184 valence electrons. The van der Waals surface area contributed by atoms with Gasteiger partial charge in [0, 0.05) is 24.4 Å². The van der Waals surface area contributed by atoms with Crippen LogP contribution in [-0.2, 0) is 16.0 Å². The van der Waals surface area contributed by atoms with E-state index in [0.717, 1.165) is 5.56 Å². The van der Waals surface area contributed by atoms with Crippen LogP contribution >= 0.6 is 0 Å². The fourth-order valence-electron chi connectivity index (χ4n) is 3.71. The summed E-state index contributed by atoms with van der Waals surface area (Å²) < 4.78 is 19.7. The molecule has 1 amide bonds. The van der Waals surface area contributed by atoms with E-state index in [2.05, 4.69) is 15.4 Å². The molecular weight excluding hydrogens is 463 g/mol. The van der Waals surface area contributed by atoms with Gasteiger partial charge in [0.25, 0.3) is 5.91 Å². The number of halogens is 1. The Morgan fingerprint density at radius 3 is 2.67 bits per heavy atom. The van der Waals surface area contributed by atoms with E-state index in [0.29, 0.717) is 36.5 Å². The number of anilines is 1. The molecule has 0 bridgehead atoms. The van der Waals surface area contributed by atoms with Gasteiger partial charge in [0.2, 0.25) is 0 Å². The second kappa shape index (κ2) is 11.3. The highest BCUT2D eigenvalue weighted by molar-refractivity contribution is 6.07. The summed E-state index contributed by atoms with van der Waals surface area (Å²) in [7, 11) is 0. The number of aromatic hydroxyl groups is 1. The van der Waals surface area contributed by atoms with Crippen LogP contribution in [0.3, 0.4) is 0 Å². The predicted molar refractivity (Wildman–Crippen MR) is 132 cm³/mol. The number of hydrogen-bond acceptors (Lipinski definition) is 6. The van der Waals surface area contributed by atoms with E-state index in [1.165, 1.54) is 16.8 Å². The summed E-state index contributed by atoms with van der Waals surface area (Å²) in [6.07, 6.45) is 4.41. The maximum Gasteiger partial charge on any atom is 0.305 e. The number of phenolic OH excluding ortho intramolecular Hbond substituents is 1. The van der Waals surface area contributed by atoms with Gasteiger partial charge in [0.15, 0.2) is 5.82 Å². The number of para-hydroxylation sites is 1. The fraction of sp³-hybridized carbons (Fsp3) is 0.185. The Bertz CT molecular complexity index is 1370. The number of phenols is 1. The summed E-state index contributed by atoms with van der Waals surface area (Å²) in [5.41, 5.74) is 2.43. The van der Waals surface area contributed by atoms with E-state index >= 15 is 0 Å². The molecule has 0 aliphatic carbocycles. The average Bonchev–Trinajstić information content (AvgIpc) is 3.37. The lowest BCUT2D eigenvalue weighted by molar-refractivity contribution is -0.143. The Labute approximate surface area is 207 Å². The molecule has 4 rings (SSSR count). The lowest BCUT2D eigenvalue weighted by Crippen LogP contribution is -2.16. The Kier molecular flexibility index (Phi) is 7.69. The minimum Gasteiger partial charge on any atom is -0.505 e. The monoisotopic (exact) mass is 488 g/mol. The number of nitrogens with zero attached hydrogens (tertiary/aromatic N) is 3. The molecule has 0 saturated heterocycles. The zero-order chi connectivity index (χ0) is 25.5. The van der Waals surface area contributed by atoms with E-state index in [4.69, 9.17) is 4.74 Å². The number of rotatable bonds is 9. The van der Waals surface area contributed by atoms with Crippen molar-refractivity contribution in [1.82, 2.24) is 14.8 Å². The molecule has 2 aromatic heterocycles. The van der Waals surface area contributed by atoms with Crippen LogP contribution in [0.5, 0.6) is 5.75 Å². The normalized spacial score (nSPS) is 10.7. The molecule has 9 heteroatoms. The third-order valence-corrected chi connectivity index (χ3v) is 5.48. The molecule has 2 heterocycles. The van der Waals surface area contributed by atoms with Crippen molar-refractivity contribution in [2.75, 3.05) is 11.9 Å². The van der Waals surface area contributed by atoms with Gasteiger partial charge >= 0.3 is 5.97 Å². The van der Waals surface area contributed by atoms with Crippen LogP contribution in [0, 0.1) is 5.82 Å². The maximum atomic E-state index is 13.3. The number of hydrogen-bond donors (Lipinski definition) is 2. The van der Waals surface area contributed by atoms with Crippen molar-refractivity contribution in [2.24, 2.45) is 0 Å². The first kappa shape index (κ1) is 24.6. The van der Waals surface area contributed by atoms with E-state index < -0.39 is 5.91 Å². The zero-order valence-electron chi connectivity index (χ0n) is 19.6. The number of pyridine rings is 1. The SMILES string of the molecule is CCOC(=O)CCCc1cccc(NC(=O)c2cccnc2-n2ccc(-c3ccc(F)cc3)n2)c1O. The molecule has 0 radical (unpaired) electrons. The molecule has 0 atom stereocenters. The van der Waals surface area contributed by atoms with Crippen molar-refractivity contribution in [3.05, 3.63) is 90.0 Å². The van der Waals surface area contributed by atoms with Crippen molar-refractivity contribution < 1.29 is 23.8 Å². The van der Waals surface area contributed by atoms with Crippen molar-refractivity contribution in [1.29, 1.82) is 0 Å². The molecule has 2 N–H and O–H groups in total. The highest BCUT2D eigenvalue weighted by atomic mass is 19.1. The largest absolute Gasteiger partial charge is 0.505 e. The Morgan fingerprint density at radius 2 is 1.89 bits per heavy atom. The number of aryl methyl sites for hydroxylation is 1. The topological polar surface area (TPSA) is 106 Å². The first-order chi connectivity index (χ1) is 17.5. The summed E-state index contributed by atoms with van der Waals surface area (Å²) in [6, 6.07) is 16.0. The summed E-state index contributed by atoms with van der Waals surface area (Å²) in [4.78, 5) is 29.0. The van der Waals surface area contributed by atoms with Crippen molar-refractivity contribution in [3.63, 3.8) is 0 Å². The maximum absolute atomic E-state index is 13.3. The number of ether oxygens (including phenoxy) is 1. The van der Waals surface area contributed by atoms with E-state index in [1.54, 1.807) is 67.8 Å². The first-order valence-corrected chi connectivity index (χ1v) is 11.5. The number of carbonyl (C=O) groups is 2. The molecular formula is C27H25FN4O4.